The number of hydrogen-bond donors (Lipinski definition) is 1. The zero-order chi connectivity index (χ0) is 14.5. The Kier molecular flexibility index (Phi) is 5.01. The average molecular weight is 277 g/mol. The lowest BCUT2D eigenvalue weighted by Crippen LogP contribution is -2.23. The minimum absolute atomic E-state index is 0.0237. The molecule has 0 spiro atoms. The molecule has 1 aliphatic carbocycles. The molecule has 1 aliphatic rings. The third-order valence-corrected chi connectivity index (χ3v) is 3.98. The van der Waals surface area contributed by atoms with Crippen LogP contribution in [0.1, 0.15) is 50.6 Å². The van der Waals surface area contributed by atoms with Crippen molar-refractivity contribution in [3.05, 3.63) is 23.8 Å². The van der Waals surface area contributed by atoms with Crippen LogP contribution in [0.15, 0.2) is 18.2 Å². The van der Waals surface area contributed by atoms with Crippen molar-refractivity contribution < 1.29 is 14.3 Å². The molecule has 0 amide bonds. The van der Waals surface area contributed by atoms with Crippen molar-refractivity contribution in [1.29, 1.82) is 0 Å². The Morgan fingerprint density at radius 2 is 1.95 bits per heavy atom. The second kappa shape index (κ2) is 6.75. The molecule has 4 nitrogen and oxygen atoms in total. The zero-order valence-corrected chi connectivity index (χ0v) is 12.2. The van der Waals surface area contributed by atoms with Gasteiger partial charge in [0.2, 0.25) is 0 Å². The number of ether oxygens (including phenoxy) is 2. The number of carbonyl (C=O) groups is 1. The Morgan fingerprint density at radius 3 is 2.55 bits per heavy atom. The first-order valence-corrected chi connectivity index (χ1v) is 7.23. The van der Waals surface area contributed by atoms with Crippen LogP contribution < -0.4 is 15.2 Å². The van der Waals surface area contributed by atoms with Crippen LogP contribution in [0, 0.1) is 5.92 Å². The van der Waals surface area contributed by atoms with E-state index in [2.05, 4.69) is 0 Å². The first-order chi connectivity index (χ1) is 9.61. The zero-order valence-electron chi connectivity index (χ0n) is 12.2. The second-order valence-corrected chi connectivity index (χ2v) is 5.43. The van der Waals surface area contributed by atoms with Gasteiger partial charge in [0, 0.05) is 13.0 Å². The monoisotopic (exact) mass is 277 g/mol. The van der Waals surface area contributed by atoms with Crippen molar-refractivity contribution >= 4 is 5.97 Å². The van der Waals surface area contributed by atoms with Gasteiger partial charge in [-0.1, -0.05) is 25.3 Å². The Morgan fingerprint density at radius 1 is 1.25 bits per heavy atom. The highest BCUT2D eigenvalue weighted by molar-refractivity contribution is 5.70. The lowest BCUT2D eigenvalue weighted by molar-refractivity contribution is -0.132. The summed E-state index contributed by atoms with van der Waals surface area (Å²) in [4.78, 5) is 11.0. The van der Waals surface area contributed by atoms with Crippen molar-refractivity contribution in [3.63, 3.8) is 0 Å². The number of rotatable bonds is 4. The number of benzene rings is 1. The summed E-state index contributed by atoms with van der Waals surface area (Å²) in [5, 5.41) is 0. The summed E-state index contributed by atoms with van der Waals surface area (Å²) >= 11 is 0. The number of nitrogens with two attached hydrogens (primary N) is 1. The lowest BCUT2D eigenvalue weighted by atomic mass is 9.81. The van der Waals surface area contributed by atoms with Crippen LogP contribution in [-0.2, 0) is 4.79 Å². The molecular formula is C16H23NO3. The predicted octanol–water partition coefficient (Wildman–Crippen LogP) is 3.20. The molecule has 0 heterocycles. The first kappa shape index (κ1) is 14.9. The molecule has 2 N–H and O–H groups in total. The first-order valence-electron chi connectivity index (χ1n) is 7.23. The minimum atomic E-state index is -0.354. The summed E-state index contributed by atoms with van der Waals surface area (Å²) in [6, 6.07) is 5.60. The van der Waals surface area contributed by atoms with E-state index in [1.165, 1.54) is 39.0 Å². The lowest BCUT2D eigenvalue weighted by Gasteiger charge is -2.28. The smallest absolute Gasteiger partial charge is 0.308 e. The van der Waals surface area contributed by atoms with Crippen LogP contribution in [0.3, 0.4) is 0 Å². The Labute approximate surface area is 120 Å². The topological polar surface area (TPSA) is 61.6 Å². The number of methoxy groups -OCH3 is 1. The summed E-state index contributed by atoms with van der Waals surface area (Å²) in [5.74, 6) is 1.18. The third kappa shape index (κ3) is 3.51. The summed E-state index contributed by atoms with van der Waals surface area (Å²) in [5.41, 5.74) is 7.43. The van der Waals surface area contributed by atoms with Gasteiger partial charge < -0.3 is 15.2 Å². The van der Waals surface area contributed by atoms with E-state index in [9.17, 15) is 4.79 Å². The molecular weight excluding hydrogens is 254 g/mol. The second-order valence-electron chi connectivity index (χ2n) is 5.43. The van der Waals surface area contributed by atoms with Gasteiger partial charge in [0.05, 0.1) is 7.11 Å². The Bertz CT molecular complexity index is 467. The standard InChI is InChI=1S/C16H23NO3/c1-11(18)20-14-9-8-13(10-15(14)19-2)16(17)12-6-4-3-5-7-12/h8-10,12,16H,3-7,17H2,1-2H3/t16-/m0/s1. The molecule has 1 aromatic rings. The molecule has 4 heteroatoms. The quantitative estimate of drug-likeness (QED) is 0.678. The van der Waals surface area contributed by atoms with Crippen molar-refractivity contribution in [1.82, 2.24) is 0 Å². The average Bonchev–Trinajstić information content (AvgIpc) is 2.47. The van der Waals surface area contributed by atoms with Gasteiger partial charge in [0.25, 0.3) is 0 Å². The highest BCUT2D eigenvalue weighted by Crippen LogP contribution is 2.36. The van der Waals surface area contributed by atoms with Crippen LogP contribution in [-0.4, -0.2) is 13.1 Å². The SMILES string of the molecule is COc1cc([C@@H](N)C2CCCCC2)ccc1OC(C)=O. The van der Waals surface area contributed by atoms with E-state index in [0.717, 1.165) is 5.56 Å². The van der Waals surface area contributed by atoms with Crippen molar-refractivity contribution in [3.8, 4) is 11.5 Å². The van der Waals surface area contributed by atoms with Crippen molar-refractivity contribution in [2.75, 3.05) is 7.11 Å². The molecule has 1 atom stereocenters. The van der Waals surface area contributed by atoms with Gasteiger partial charge >= 0.3 is 5.97 Å². The maximum atomic E-state index is 11.0. The molecule has 0 aromatic heterocycles. The summed E-state index contributed by atoms with van der Waals surface area (Å²) in [7, 11) is 1.57. The molecule has 1 fully saturated rings. The fourth-order valence-corrected chi connectivity index (χ4v) is 2.90. The largest absolute Gasteiger partial charge is 0.493 e. The van der Waals surface area contributed by atoms with Crippen LogP contribution >= 0.6 is 0 Å². The van der Waals surface area contributed by atoms with E-state index in [1.807, 2.05) is 12.1 Å². The van der Waals surface area contributed by atoms with Gasteiger partial charge in [-0.2, -0.15) is 0 Å². The molecule has 1 saturated carbocycles. The normalized spacial score (nSPS) is 17.6. The van der Waals surface area contributed by atoms with E-state index in [1.54, 1.807) is 13.2 Å². The van der Waals surface area contributed by atoms with E-state index in [0.29, 0.717) is 17.4 Å². The van der Waals surface area contributed by atoms with Gasteiger partial charge in [-0.25, -0.2) is 0 Å². The van der Waals surface area contributed by atoms with Crippen LogP contribution in [0.5, 0.6) is 11.5 Å². The maximum absolute atomic E-state index is 11.0. The highest BCUT2D eigenvalue weighted by atomic mass is 16.6. The number of hydrogen-bond acceptors (Lipinski definition) is 4. The predicted molar refractivity (Wildman–Crippen MR) is 77.8 cm³/mol. The van der Waals surface area contributed by atoms with Crippen LogP contribution in [0.2, 0.25) is 0 Å². The van der Waals surface area contributed by atoms with Gasteiger partial charge in [-0.05, 0) is 36.5 Å². The summed E-state index contributed by atoms with van der Waals surface area (Å²) < 4.78 is 10.4. The molecule has 0 unspecified atom stereocenters. The third-order valence-electron chi connectivity index (χ3n) is 3.98. The van der Waals surface area contributed by atoms with Gasteiger partial charge in [0.15, 0.2) is 11.5 Å². The van der Waals surface area contributed by atoms with Gasteiger partial charge in [-0.3, -0.25) is 4.79 Å². The van der Waals surface area contributed by atoms with Crippen molar-refractivity contribution in [2.24, 2.45) is 11.7 Å². The molecule has 0 saturated heterocycles. The fraction of sp³-hybridized carbons (Fsp3) is 0.562. The number of esters is 1. The fourth-order valence-electron chi connectivity index (χ4n) is 2.90. The molecule has 1 aromatic carbocycles. The molecule has 0 aliphatic heterocycles. The molecule has 0 bridgehead atoms. The van der Waals surface area contributed by atoms with E-state index < -0.39 is 0 Å². The van der Waals surface area contributed by atoms with E-state index >= 15 is 0 Å². The van der Waals surface area contributed by atoms with Gasteiger partial charge in [0.1, 0.15) is 0 Å². The van der Waals surface area contributed by atoms with E-state index in [4.69, 9.17) is 15.2 Å². The minimum Gasteiger partial charge on any atom is -0.493 e. The molecule has 20 heavy (non-hydrogen) atoms. The molecule has 0 radical (unpaired) electrons. The maximum Gasteiger partial charge on any atom is 0.308 e. The van der Waals surface area contributed by atoms with Crippen LogP contribution in [0.4, 0.5) is 0 Å². The summed E-state index contributed by atoms with van der Waals surface area (Å²) in [6.07, 6.45) is 6.23. The van der Waals surface area contributed by atoms with E-state index in [-0.39, 0.29) is 12.0 Å². The highest BCUT2D eigenvalue weighted by Gasteiger charge is 2.23. The molecule has 2 rings (SSSR count). The van der Waals surface area contributed by atoms with Crippen LogP contribution in [0.25, 0.3) is 0 Å². The Balaban J connectivity index is 2.17. The Hall–Kier alpha value is -1.55. The van der Waals surface area contributed by atoms with Gasteiger partial charge in [-0.15, -0.1) is 0 Å². The summed E-state index contributed by atoms with van der Waals surface area (Å²) in [6.45, 7) is 1.38. The molecule has 110 valence electrons. The van der Waals surface area contributed by atoms with Crippen molar-refractivity contribution in [2.45, 2.75) is 45.1 Å². The number of carbonyl (C=O) groups excluding carboxylic acids is 1.